The number of hydrogen-bond donors (Lipinski definition) is 2. The van der Waals surface area contributed by atoms with Crippen LogP contribution in [0.5, 0.6) is 0 Å². The van der Waals surface area contributed by atoms with Gasteiger partial charge in [0.15, 0.2) is 0 Å². The summed E-state index contributed by atoms with van der Waals surface area (Å²) >= 11 is 5.90. The first-order valence-corrected chi connectivity index (χ1v) is 6.81. The maximum atomic E-state index is 11.9. The third kappa shape index (κ3) is 2.85. The average molecular weight is 267 g/mol. The molecule has 1 aliphatic carbocycles. The van der Waals surface area contributed by atoms with Crippen LogP contribution in [0.2, 0.25) is 5.02 Å². The third-order valence-electron chi connectivity index (χ3n) is 3.59. The minimum Gasteiger partial charge on any atom is -0.347 e. The Kier molecular flexibility index (Phi) is 4.25. The molecule has 0 heterocycles. The first-order valence-electron chi connectivity index (χ1n) is 6.43. The molecular formula is C14H19ClN2O. The van der Waals surface area contributed by atoms with E-state index in [1.807, 2.05) is 24.3 Å². The molecule has 0 spiro atoms. The molecule has 0 aliphatic heterocycles. The van der Waals surface area contributed by atoms with Crippen molar-refractivity contribution in [3.63, 3.8) is 0 Å². The zero-order chi connectivity index (χ0) is 13.0. The number of nitrogens with two attached hydrogens (primary N) is 1. The van der Waals surface area contributed by atoms with Crippen molar-refractivity contribution in [2.24, 2.45) is 5.73 Å². The molecule has 0 saturated heterocycles. The van der Waals surface area contributed by atoms with Gasteiger partial charge in [-0.05, 0) is 49.9 Å². The van der Waals surface area contributed by atoms with Gasteiger partial charge in [-0.3, -0.25) is 4.79 Å². The maximum absolute atomic E-state index is 11.9. The summed E-state index contributed by atoms with van der Waals surface area (Å²) in [6, 6.07) is 7.77. The van der Waals surface area contributed by atoms with Gasteiger partial charge in [-0.2, -0.15) is 0 Å². The molecule has 1 fully saturated rings. The van der Waals surface area contributed by atoms with Gasteiger partial charge in [0.2, 0.25) is 5.91 Å². The standard InChI is InChI=1S/C14H19ClN2O/c15-12-6-4-11(5-7-12)14(8-2-9-14)17-13(18)3-1-10-16/h4-7H,1-3,8-10,16H2,(H,17,18). The fourth-order valence-electron chi connectivity index (χ4n) is 2.38. The summed E-state index contributed by atoms with van der Waals surface area (Å²) in [5, 5.41) is 3.89. The minimum atomic E-state index is -0.170. The van der Waals surface area contributed by atoms with Gasteiger partial charge in [0, 0.05) is 11.4 Å². The number of carbonyl (C=O) groups is 1. The summed E-state index contributed by atoms with van der Waals surface area (Å²) in [5.74, 6) is 0.0927. The Balaban J connectivity index is 2.06. The highest BCUT2D eigenvalue weighted by atomic mass is 35.5. The molecule has 1 amide bonds. The van der Waals surface area contributed by atoms with Crippen LogP contribution in [0, 0.1) is 0 Å². The van der Waals surface area contributed by atoms with Crippen LogP contribution < -0.4 is 11.1 Å². The molecule has 4 heteroatoms. The van der Waals surface area contributed by atoms with Crippen molar-refractivity contribution in [3.05, 3.63) is 34.9 Å². The van der Waals surface area contributed by atoms with Crippen molar-refractivity contribution in [1.82, 2.24) is 5.32 Å². The number of benzene rings is 1. The van der Waals surface area contributed by atoms with Crippen LogP contribution in [0.1, 0.15) is 37.7 Å². The second-order valence-electron chi connectivity index (χ2n) is 4.88. The van der Waals surface area contributed by atoms with Crippen molar-refractivity contribution in [2.75, 3.05) is 6.54 Å². The molecule has 3 N–H and O–H groups in total. The fourth-order valence-corrected chi connectivity index (χ4v) is 2.50. The van der Waals surface area contributed by atoms with E-state index in [1.165, 1.54) is 0 Å². The minimum absolute atomic E-state index is 0.0927. The topological polar surface area (TPSA) is 55.1 Å². The highest BCUT2D eigenvalue weighted by Crippen LogP contribution is 2.41. The molecule has 0 atom stereocenters. The Morgan fingerprint density at radius 3 is 2.50 bits per heavy atom. The highest BCUT2D eigenvalue weighted by molar-refractivity contribution is 6.30. The normalized spacial score (nSPS) is 17.0. The van der Waals surface area contributed by atoms with Crippen LogP contribution in [-0.2, 0) is 10.3 Å². The fraction of sp³-hybridized carbons (Fsp3) is 0.500. The largest absolute Gasteiger partial charge is 0.347 e. The summed E-state index contributed by atoms with van der Waals surface area (Å²) in [6.45, 7) is 0.557. The predicted molar refractivity (Wildman–Crippen MR) is 73.4 cm³/mol. The first kappa shape index (κ1) is 13.4. The Morgan fingerprint density at radius 1 is 1.33 bits per heavy atom. The summed E-state index contributed by atoms with van der Waals surface area (Å²) in [5.41, 5.74) is 6.40. The molecule has 0 unspecified atom stereocenters. The Labute approximate surface area is 113 Å². The zero-order valence-electron chi connectivity index (χ0n) is 10.4. The van der Waals surface area contributed by atoms with E-state index in [0.29, 0.717) is 13.0 Å². The van der Waals surface area contributed by atoms with Crippen LogP contribution in [0.25, 0.3) is 0 Å². The van der Waals surface area contributed by atoms with Crippen LogP contribution in [0.15, 0.2) is 24.3 Å². The summed E-state index contributed by atoms with van der Waals surface area (Å²) in [7, 11) is 0. The van der Waals surface area contributed by atoms with Crippen LogP contribution in [0.3, 0.4) is 0 Å². The van der Waals surface area contributed by atoms with Crippen molar-refractivity contribution in [2.45, 2.75) is 37.6 Å². The van der Waals surface area contributed by atoms with E-state index in [9.17, 15) is 4.79 Å². The van der Waals surface area contributed by atoms with Crippen LogP contribution in [-0.4, -0.2) is 12.5 Å². The molecular weight excluding hydrogens is 248 g/mol. The SMILES string of the molecule is NCCCC(=O)NC1(c2ccc(Cl)cc2)CCC1. The highest BCUT2D eigenvalue weighted by Gasteiger charge is 2.39. The third-order valence-corrected chi connectivity index (χ3v) is 3.84. The van der Waals surface area contributed by atoms with Gasteiger partial charge >= 0.3 is 0 Å². The van der Waals surface area contributed by atoms with E-state index in [0.717, 1.165) is 36.3 Å². The van der Waals surface area contributed by atoms with Crippen molar-refractivity contribution < 1.29 is 4.79 Å². The molecule has 1 aromatic carbocycles. The van der Waals surface area contributed by atoms with Gasteiger partial charge in [-0.1, -0.05) is 23.7 Å². The molecule has 3 nitrogen and oxygen atoms in total. The molecule has 1 aliphatic rings. The summed E-state index contributed by atoms with van der Waals surface area (Å²) in [6.07, 6.45) is 4.40. The van der Waals surface area contributed by atoms with Gasteiger partial charge < -0.3 is 11.1 Å². The van der Waals surface area contributed by atoms with E-state index >= 15 is 0 Å². The monoisotopic (exact) mass is 266 g/mol. The lowest BCUT2D eigenvalue weighted by atomic mass is 9.71. The average Bonchev–Trinajstić information content (AvgIpc) is 2.32. The first-order chi connectivity index (χ1) is 8.66. The summed E-state index contributed by atoms with van der Waals surface area (Å²) < 4.78 is 0. The van der Waals surface area contributed by atoms with Crippen molar-refractivity contribution in [1.29, 1.82) is 0 Å². The molecule has 1 saturated carbocycles. The van der Waals surface area contributed by atoms with Crippen LogP contribution >= 0.6 is 11.6 Å². The molecule has 18 heavy (non-hydrogen) atoms. The van der Waals surface area contributed by atoms with E-state index in [1.54, 1.807) is 0 Å². The lowest BCUT2D eigenvalue weighted by Crippen LogP contribution is -2.50. The quantitative estimate of drug-likeness (QED) is 0.861. The molecule has 0 radical (unpaired) electrons. The predicted octanol–water partition coefficient (Wildman–Crippen LogP) is 2.57. The van der Waals surface area contributed by atoms with E-state index < -0.39 is 0 Å². The van der Waals surface area contributed by atoms with Gasteiger partial charge in [0.05, 0.1) is 5.54 Å². The van der Waals surface area contributed by atoms with Gasteiger partial charge in [-0.25, -0.2) is 0 Å². The molecule has 2 rings (SSSR count). The Hall–Kier alpha value is -1.06. The summed E-state index contributed by atoms with van der Waals surface area (Å²) in [4.78, 5) is 11.9. The van der Waals surface area contributed by atoms with Crippen LogP contribution in [0.4, 0.5) is 0 Å². The maximum Gasteiger partial charge on any atom is 0.220 e. The second-order valence-corrected chi connectivity index (χ2v) is 5.32. The number of halogens is 1. The number of nitrogens with one attached hydrogen (secondary N) is 1. The van der Waals surface area contributed by atoms with Crippen molar-refractivity contribution >= 4 is 17.5 Å². The number of rotatable bonds is 5. The van der Waals surface area contributed by atoms with E-state index in [2.05, 4.69) is 5.32 Å². The Morgan fingerprint density at radius 2 is 2.00 bits per heavy atom. The van der Waals surface area contributed by atoms with Gasteiger partial charge in [0.25, 0.3) is 0 Å². The van der Waals surface area contributed by atoms with E-state index in [4.69, 9.17) is 17.3 Å². The number of amides is 1. The molecule has 0 aromatic heterocycles. The van der Waals surface area contributed by atoms with Gasteiger partial charge in [-0.15, -0.1) is 0 Å². The van der Waals surface area contributed by atoms with E-state index in [-0.39, 0.29) is 11.4 Å². The Bertz CT molecular complexity index is 412. The number of carbonyl (C=O) groups excluding carboxylic acids is 1. The molecule has 1 aromatic rings. The lowest BCUT2D eigenvalue weighted by molar-refractivity contribution is -0.124. The molecule has 0 bridgehead atoms. The zero-order valence-corrected chi connectivity index (χ0v) is 11.2. The smallest absolute Gasteiger partial charge is 0.220 e. The number of hydrogen-bond acceptors (Lipinski definition) is 2. The lowest BCUT2D eigenvalue weighted by Gasteiger charge is -2.43. The second kappa shape index (κ2) is 5.72. The molecule has 98 valence electrons. The van der Waals surface area contributed by atoms with Gasteiger partial charge in [0.1, 0.15) is 0 Å². The van der Waals surface area contributed by atoms with Crippen molar-refractivity contribution in [3.8, 4) is 0 Å².